The molecule has 0 amide bonds. The summed E-state index contributed by atoms with van der Waals surface area (Å²) in [7, 11) is 0. The highest BCUT2D eigenvalue weighted by atomic mass is 79.9. The molecule has 0 unspecified atom stereocenters. The SMILES string of the molecule is CCOc1cc(CNc2cccc(Cl)c2)cc(Br)c1OCC. The van der Waals surface area contributed by atoms with E-state index in [2.05, 4.69) is 21.2 Å². The van der Waals surface area contributed by atoms with Crippen LogP contribution in [-0.2, 0) is 6.54 Å². The van der Waals surface area contributed by atoms with Crippen LogP contribution in [0.15, 0.2) is 40.9 Å². The van der Waals surface area contributed by atoms with E-state index in [1.165, 1.54) is 0 Å². The molecule has 0 fully saturated rings. The minimum Gasteiger partial charge on any atom is -0.490 e. The van der Waals surface area contributed by atoms with Gasteiger partial charge >= 0.3 is 0 Å². The largest absolute Gasteiger partial charge is 0.490 e. The van der Waals surface area contributed by atoms with Crippen LogP contribution in [-0.4, -0.2) is 13.2 Å². The fourth-order valence-corrected chi connectivity index (χ4v) is 2.87. The van der Waals surface area contributed by atoms with Crippen molar-refractivity contribution in [2.45, 2.75) is 20.4 Å². The van der Waals surface area contributed by atoms with Gasteiger partial charge in [0.25, 0.3) is 0 Å². The number of anilines is 1. The van der Waals surface area contributed by atoms with E-state index in [1.54, 1.807) is 0 Å². The fourth-order valence-electron chi connectivity index (χ4n) is 2.07. The third kappa shape index (κ3) is 4.55. The Morgan fingerprint density at radius 1 is 1.09 bits per heavy atom. The Kier molecular flexibility index (Phi) is 6.40. The zero-order valence-corrected chi connectivity index (χ0v) is 15.0. The molecule has 5 heteroatoms. The predicted octanol–water partition coefficient (Wildman–Crippen LogP) is 5.51. The van der Waals surface area contributed by atoms with Crippen molar-refractivity contribution in [1.82, 2.24) is 0 Å². The van der Waals surface area contributed by atoms with E-state index in [0.717, 1.165) is 27.2 Å². The summed E-state index contributed by atoms with van der Waals surface area (Å²) >= 11 is 9.54. The minimum absolute atomic E-state index is 0.595. The summed E-state index contributed by atoms with van der Waals surface area (Å²) in [6.45, 7) is 5.78. The third-order valence-corrected chi connectivity index (χ3v) is 3.80. The quantitative estimate of drug-likeness (QED) is 0.682. The van der Waals surface area contributed by atoms with Crippen LogP contribution in [0.3, 0.4) is 0 Å². The normalized spacial score (nSPS) is 10.4. The van der Waals surface area contributed by atoms with Crippen molar-refractivity contribution in [2.24, 2.45) is 0 Å². The Labute approximate surface area is 144 Å². The molecule has 2 aromatic rings. The number of hydrogen-bond donors (Lipinski definition) is 1. The third-order valence-electron chi connectivity index (χ3n) is 2.98. The van der Waals surface area contributed by atoms with Crippen molar-refractivity contribution < 1.29 is 9.47 Å². The summed E-state index contributed by atoms with van der Waals surface area (Å²) in [5, 5.41) is 4.06. The highest BCUT2D eigenvalue weighted by Crippen LogP contribution is 2.37. The van der Waals surface area contributed by atoms with Gasteiger partial charge < -0.3 is 14.8 Å². The van der Waals surface area contributed by atoms with E-state index in [4.69, 9.17) is 21.1 Å². The molecule has 0 atom stereocenters. The minimum atomic E-state index is 0.595. The predicted molar refractivity (Wildman–Crippen MR) is 95.3 cm³/mol. The Hall–Kier alpha value is -1.39. The fraction of sp³-hybridized carbons (Fsp3) is 0.294. The van der Waals surface area contributed by atoms with E-state index in [1.807, 2.05) is 50.2 Å². The molecule has 0 saturated carbocycles. The monoisotopic (exact) mass is 383 g/mol. The average Bonchev–Trinajstić information content (AvgIpc) is 2.49. The molecule has 0 aromatic heterocycles. The smallest absolute Gasteiger partial charge is 0.175 e. The van der Waals surface area contributed by atoms with Gasteiger partial charge in [-0.1, -0.05) is 17.7 Å². The molecule has 0 radical (unpaired) electrons. The summed E-state index contributed by atoms with van der Waals surface area (Å²) in [6.07, 6.45) is 0. The first-order valence-corrected chi connectivity index (χ1v) is 8.38. The Morgan fingerprint density at radius 2 is 1.86 bits per heavy atom. The van der Waals surface area contributed by atoms with Crippen molar-refractivity contribution in [3.63, 3.8) is 0 Å². The average molecular weight is 385 g/mol. The number of halogens is 2. The number of benzene rings is 2. The van der Waals surface area contributed by atoms with E-state index in [0.29, 0.717) is 24.8 Å². The molecule has 22 heavy (non-hydrogen) atoms. The summed E-state index contributed by atoms with van der Waals surface area (Å²) in [6, 6.07) is 11.7. The topological polar surface area (TPSA) is 30.5 Å². The summed E-state index contributed by atoms with van der Waals surface area (Å²) < 4.78 is 12.2. The van der Waals surface area contributed by atoms with Gasteiger partial charge in [-0.05, 0) is 65.7 Å². The molecule has 0 bridgehead atoms. The molecule has 0 aliphatic rings. The Morgan fingerprint density at radius 3 is 2.55 bits per heavy atom. The van der Waals surface area contributed by atoms with Crippen molar-refractivity contribution in [1.29, 1.82) is 0 Å². The van der Waals surface area contributed by atoms with Crippen LogP contribution in [0.4, 0.5) is 5.69 Å². The number of rotatable bonds is 7. The molecule has 3 nitrogen and oxygen atoms in total. The van der Waals surface area contributed by atoms with Gasteiger partial charge in [0.1, 0.15) is 0 Å². The first kappa shape index (κ1) is 17.0. The second-order valence-electron chi connectivity index (χ2n) is 4.63. The molecular weight excluding hydrogens is 366 g/mol. The zero-order valence-electron chi connectivity index (χ0n) is 12.7. The van der Waals surface area contributed by atoms with E-state index >= 15 is 0 Å². The first-order valence-electron chi connectivity index (χ1n) is 7.21. The molecule has 0 spiro atoms. The summed E-state index contributed by atoms with van der Waals surface area (Å²) in [4.78, 5) is 0. The van der Waals surface area contributed by atoms with Crippen molar-refractivity contribution in [3.05, 3.63) is 51.5 Å². The lowest BCUT2D eigenvalue weighted by Gasteiger charge is -2.15. The van der Waals surface area contributed by atoms with Gasteiger partial charge in [0.15, 0.2) is 11.5 Å². The molecule has 118 valence electrons. The standard InChI is InChI=1S/C17H19BrClNO2/c1-3-21-16-9-12(8-15(18)17(16)22-4-2)11-20-14-7-5-6-13(19)10-14/h5-10,20H,3-4,11H2,1-2H3. The van der Waals surface area contributed by atoms with Crippen LogP contribution in [0.5, 0.6) is 11.5 Å². The van der Waals surface area contributed by atoms with Gasteiger partial charge in [-0.15, -0.1) is 0 Å². The lowest BCUT2D eigenvalue weighted by atomic mass is 10.2. The Balaban J connectivity index is 2.17. The molecular formula is C17H19BrClNO2. The van der Waals surface area contributed by atoms with E-state index < -0.39 is 0 Å². The molecule has 0 aliphatic carbocycles. The lowest BCUT2D eigenvalue weighted by molar-refractivity contribution is 0.286. The van der Waals surface area contributed by atoms with E-state index in [-0.39, 0.29) is 0 Å². The van der Waals surface area contributed by atoms with Gasteiger partial charge in [-0.25, -0.2) is 0 Å². The zero-order chi connectivity index (χ0) is 15.9. The number of ether oxygens (including phenoxy) is 2. The highest BCUT2D eigenvalue weighted by molar-refractivity contribution is 9.10. The second kappa shape index (κ2) is 8.30. The first-order chi connectivity index (χ1) is 10.6. The van der Waals surface area contributed by atoms with Gasteiger partial charge in [-0.3, -0.25) is 0 Å². The van der Waals surface area contributed by atoms with Crippen molar-refractivity contribution in [2.75, 3.05) is 18.5 Å². The van der Waals surface area contributed by atoms with Gasteiger partial charge in [0, 0.05) is 17.3 Å². The van der Waals surface area contributed by atoms with Crippen molar-refractivity contribution in [3.8, 4) is 11.5 Å². The molecule has 1 N–H and O–H groups in total. The molecule has 2 aromatic carbocycles. The maximum absolute atomic E-state index is 5.99. The van der Waals surface area contributed by atoms with Crippen molar-refractivity contribution >= 4 is 33.2 Å². The summed E-state index contributed by atoms with van der Waals surface area (Å²) in [5.41, 5.74) is 2.08. The molecule has 0 aliphatic heterocycles. The number of hydrogen-bond acceptors (Lipinski definition) is 3. The van der Waals surface area contributed by atoms with Crippen LogP contribution in [0, 0.1) is 0 Å². The molecule has 0 heterocycles. The Bertz CT molecular complexity index is 634. The van der Waals surface area contributed by atoms with Gasteiger partial charge in [-0.2, -0.15) is 0 Å². The second-order valence-corrected chi connectivity index (χ2v) is 5.93. The van der Waals surface area contributed by atoms with Crippen LogP contribution in [0.2, 0.25) is 5.02 Å². The van der Waals surface area contributed by atoms with Crippen LogP contribution < -0.4 is 14.8 Å². The van der Waals surface area contributed by atoms with Gasteiger partial charge in [0.05, 0.1) is 17.7 Å². The highest BCUT2D eigenvalue weighted by Gasteiger charge is 2.11. The molecule has 2 rings (SSSR count). The van der Waals surface area contributed by atoms with E-state index in [9.17, 15) is 0 Å². The molecule has 0 saturated heterocycles. The van der Waals surface area contributed by atoms with Gasteiger partial charge in [0.2, 0.25) is 0 Å². The summed E-state index contributed by atoms with van der Waals surface area (Å²) in [5.74, 6) is 1.50. The van der Waals surface area contributed by atoms with Crippen LogP contribution in [0.1, 0.15) is 19.4 Å². The lowest BCUT2D eigenvalue weighted by Crippen LogP contribution is -2.03. The van der Waals surface area contributed by atoms with Crippen LogP contribution in [0.25, 0.3) is 0 Å². The maximum Gasteiger partial charge on any atom is 0.175 e. The van der Waals surface area contributed by atoms with Crippen LogP contribution >= 0.6 is 27.5 Å². The number of nitrogens with one attached hydrogen (secondary N) is 1. The maximum atomic E-state index is 5.99.